The first-order valence-electron chi connectivity index (χ1n) is 16.9. The van der Waals surface area contributed by atoms with E-state index in [1.54, 1.807) is 0 Å². The molecule has 50 heavy (non-hydrogen) atoms. The summed E-state index contributed by atoms with van der Waals surface area (Å²) in [6, 6.07) is 62.7. The van der Waals surface area contributed by atoms with Crippen molar-refractivity contribution in [2.24, 2.45) is 0 Å². The fourth-order valence-electron chi connectivity index (χ4n) is 7.84. The van der Waals surface area contributed by atoms with Gasteiger partial charge in [0.2, 0.25) is 0 Å². The molecule has 3 nitrogen and oxygen atoms in total. The van der Waals surface area contributed by atoms with E-state index in [1.165, 1.54) is 48.7 Å². The van der Waals surface area contributed by atoms with Crippen molar-refractivity contribution in [3.8, 4) is 56.4 Å². The van der Waals surface area contributed by atoms with Crippen molar-refractivity contribution in [2.45, 2.75) is 15.2 Å². The van der Waals surface area contributed by atoms with E-state index in [1.807, 2.05) is 72.4 Å². The number of aromatic nitrogens is 3. The largest absolute Gasteiger partial charge is 0.208 e. The maximum Gasteiger partial charge on any atom is 0.164 e. The molecule has 0 atom stereocenters. The molecule has 7 aromatic carbocycles. The second-order valence-corrected chi connectivity index (χ2v) is 13.8. The highest BCUT2D eigenvalue weighted by Gasteiger charge is 2.50. The highest BCUT2D eigenvalue weighted by molar-refractivity contribution is 7.99. The summed E-state index contributed by atoms with van der Waals surface area (Å²) in [6.45, 7) is 0. The molecule has 234 valence electrons. The van der Waals surface area contributed by atoms with E-state index in [4.69, 9.17) is 15.0 Å². The molecule has 0 amide bonds. The van der Waals surface area contributed by atoms with Crippen LogP contribution in [0.3, 0.4) is 0 Å². The van der Waals surface area contributed by atoms with Crippen LogP contribution in [-0.2, 0) is 5.41 Å². The van der Waals surface area contributed by atoms with Gasteiger partial charge in [0.05, 0.1) is 5.41 Å². The fourth-order valence-corrected chi connectivity index (χ4v) is 9.17. The van der Waals surface area contributed by atoms with Crippen LogP contribution in [0.5, 0.6) is 0 Å². The third-order valence-electron chi connectivity index (χ3n) is 10.0. The van der Waals surface area contributed by atoms with Gasteiger partial charge in [0, 0.05) is 26.5 Å². The predicted molar refractivity (Wildman–Crippen MR) is 203 cm³/mol. The van der Waals surface area contributed by atoms with Gasteiger partial charge in [-0.2, -0.15) is 0 Å². The normalized spacial score (nSPS) is 13.3. The second-order valence-electron chi connectivity index (χ2n) is 12.7. The molecule has 1 aliphatic heterocycles. The maximum atomic E-state index is 4.96. The van der Waals surface area contributed by atoms with Crippen molar-refractivity contribution < 1.29 is 0 Å². The first kappa shape index (κ1) is 28.9. The smallest absolute Gasteiger partial charge is 0.164 e. The molecule has 1 aromatic heterocycles. The zero-order chi connectivity index (χ0) is 33.1. The number of benzene rings is 7. The highest BCUT2D eigenvalue weighted by atomic mass is 32.2. The van der Waals surface area contributed by atoms with Gasteiger partial charge in [-0.25, -0.2) is 15.0 Å². The van der Waals surface area contributed by atoms with E-state index in [-0.39, 0.29) is 0 Å². The number of hydrogen-bond acceptors (Lipinski definition) is 4. The molecule has 4 heteroatoms. The molecular formula is C46H29N3S. The lowest BCUT2D eigenvalue weighted by Crippen LogP contribution is -2.32. The number of nitrogens with zero attached hydrogens (tertiary/aromatic N) is 3. The lowest BCUT2D eigenvalue weighted by atomic mass is 9.67. The third-order valence-corrected chi connectivity index (χ3v) is 11.2. The molecule has 0 saturated carbocycles. The van der Waals surface area contributed by atoms with E-state index in [0.717, 1.165) is 22.3 Å². The standard InChI is InChI=1S/C46H29N3S/c1-3-14-31(15-4-1)43-47-44(32-16-5-2-6-17-32)49-45(48-43)33-28-26-30(27-29-33)34-20-13-24-40-42(34)50-41-25-12-11-23-39(41)46(40)37-21-9-7-18-35(37)36-19-8-10-22-38(36)46/h1-29H. The van der Waals surface area contributed by atoms with Crippen LogP contribution in [0.4, 0.5) is 0 Å². The van der Waals surface area contributed by atoms with Crippen LogP contribution in [0, 0.1) is 0 Å². The van der Waals surface area contributed by atoms with Crippen molar-refractivity contribution in [2.75, 3.05) is 0 Å². The van der Waals surface area contributed by atoms with Crippen LogP contribution in [0.15, 0.2) is 186 Å². The number of fused-ring (bicyclic) bond motifs is 9. The van der Waals surface area contributed by atoms with Gasteiger partial charge in [0.25, 0.3) is 0 Å². The summed E-state index contributed by atoms with van der Waals surface area (Å²) >= 11 is 1.88. The van der Waals surface area contributed by atoms with Gasteiger partial charge in [-0.3, -0.25) is 0 Å². The van der Waals surface area contributed by atoms with E-state index in [2.05, 4.69) is 115 Å². The summed E-state index contributed by atoms with van der Waals surface area (Å²) in [5, 5.41) is 0. The van der Waals surface area contributed by atoms with Crippen molar-refractivity contribution >= 4 is 11.8 Å². The molecule has 10 rings (SSSR count). The topological polar surface area (TPSA) is 38.7 Å². The summed E-state index contributed by atoms with van der Waals surface area (Å²) in [5.41, 5.74) is 12.9. The Labute approximate surface area is 295 Å². The number of rotatable bonds is 4. The minimum absolute atomic E-state index is 0.396. The van der Waals surface area contributed by atoms with Crippen molar-refractivity contribution in [1.29, 1.82) is 0 Å². The van der Waals surface area contributed by atoms with Crippen LogP contribution in [0.2, 0.25) is 0 Å². The third kappa shape index (κ3) is 4.35. The van der Waals surface area contributed by atoms with Gasteiger partial charge in [0.15, 0.2) is 17.5 Å². The van der Waals surface area contributed by atoms with Crippen LogP contribution in [0.1, 0.15) is 22.3 Å². The summed E-state index contributed by atoms with van der Waals surface area (Å²) in [4.78, 5) is 17.4. The number of hydrogen-bond donors (Lipinski definition) is 0. The van der Waals surface area contributed by atoms with Crippen LogP contribution >= 0.6 is 11.8 Å². The Balaban J connectivity index is 1.13. The van der Waals surface area contributed by atoms with Gasteiger partial charge in [-0.05, 0) is 50.6 Å². The van der Waals surface area contributed by atoms with Gasteiger partial charge >= 0.3 is 0 Å². The van der Waals surface area contributed by atoms with Gasteiger partial charge < -0.3 is 0 Å². The average molecular weight is 656 g/mol. The fraction of sp³-hybridized carbons (Fsp3) is 0.0217. The summed E-state index contributed by atoms with van der Waals surface area (Å²) in [7, 11) is 0. The predicted octanol–water partition coefficient (Wildman–Crippen LogP) is 11.4. The monoisotopic (exact) mass is 655 g/mol. The first-order valence-corrected chi connectivity index (χ1v) is 17.7. The molecule has 0 N–H and O–H groups in total. The zero-order valence-corrected chi connectivity index (χ0v) is 27.8. The second kappa shape index (κ2) is 11.5. The summed E-state index contributed by atoms with van der Waals surface area (Å²) in [5.74, 6) is 1.97. The Morgan fingerprint density at radius 3 is 1.32 bits per heavy atom. The van der Waals surface area contributed by atoms with Crippen molar-refractivity contribution in [3.05, 3.63) is 198 Å². The van der Waals surface area contributed by atoms with E-state index >= 15 is 0 Å². The lowest BCUT2D eigenvalue weighted by molar-refractivity contribution is 0.723. The lowest BCUT2D eigenvalue weighted by Gasteiger charge is -2.40. The summed E-state index contributed by atoms with van der Waals surface area (Å²) < 4.78 is 0. The first-order chi connectivity index (χ1) is 24.8. The quantitative estimate of drug-likeness (QED) is 0.189. The Morgan fingerprint density at radius 2 is 0.740 bits per heavy atom. The minimum Gasteiger partial charge on any atom is -0.208 e. The average Bonchev–Trinajstić information content (AvgIpc) is 3.49. The molecule has 0 fully saturated rings. The van der Waals surface area contributed by atoms with Crippen LogP contribution in [0.25, 0.3) is 56.4 Å². The highest BCUT2D eigenvalue weighted by Crippen LogP contribution is 2.63. The Bertz CT molecular complexity index is 2460. The minimum atomic E-state index is -0.396. The molecule has 1 aliphatic carbocycles. The van der Waals surface area contributed by atoms with Crippen LogP contribution in [-0.4, -0.2) is 15.0 Å². The molecule has 0 radical (unpaired) electrons. The SMILES string of the molecule is c1ccc(-c2nc(-c3ccccc3)nc(-c3ccc(-c4cccc5c4Sc4ccccc4C54c5ccccc5-c5ccccc54)cc3)n2)cc1. The maximum absolute atomic E-state index is 4.96. The Morgan fingerprint density at radius 1 is 0.320 bits per heavy atom. The van der Waals surface area contributed by atoms with Gasteiger partial charge in [-0.1, -0.05) is 182 Å². The molecule has 0 unspecified atom stereocenters. The molecule has 0 bridgehead atoms. The molecule has 2 aliphatic rings. The zero-order valence-electron chi connectivity index (χ0n) is 27.0. The summed E-state index contributed by atoms with van der Waals surface area (Å²) in [6.07, 6.45) is 0. The van der Waals surface area contributed by atoms with Gasteiger partial charge in [0.1, 0.15) is 0 Å². The van der Waals surface area contributed by atoms with E-state index < -0.39 is 5.41 Å². The van der Waals surface area contributed by atoms with E-state index in [9.17, 15) is 0 Å². The molecule has 8 aromatic rings. The molecule has 0 saturated heterocycles. The van der Waals surface area contributed by atoms with Crippen molar-refractivity contribution in [1.82, 2.24) is 15.0 Å². The van der Waals surface area contributed by atoms with Gasteiger partial charge in [-0.15, -0.1) is 0 Å². The Kier molecular flexibility index (Phi) is 6.64. The molecule has 2 heterocycles. The van der Waals surface area contributed by atoms with Crippen LogP contribution < -0.4 is 0 Å². The Hall–Kier alpha value is -6.10. The molecular weight excluding hydrogens is 627 g/mol. The molecule has 1 spiro atoms. The van der Waals surface area contributed by atoms with Crippen molar-refractivity contribution in [3.63, 3.8) is 0 Å². The van der Waals surface area contributed by atoms with E-state index in [0.29, 0.717) is 17.5 Å².